The number of carbonyl (C=O) groups excluding carboxylic acids is 1. The molecule has 0 spiro atoms. The fourth-order valence-electron chi connectivity index (χ4n) is 2.05. The second-order valence-electron chi connectivity index (χ2n) is 5.51. The first-order chi connectivity index (χ1) is 12.0. The van der Waals surface area contributed by atoms with Crippen molar-refractivity contribution in [3.63, 3.8) is 0 Å². The summed E-state index contributed by atoms with van der Waals surface area (Å²) in [6.07, 6.45) is 1.87. The van der Waals surface area contributed by atoms with Gasteiger partial charge in [0.1, 0.15) is 11.0 Å². The average molecular weight is 363 g/mol. The number of aliphatic carboxylic acids is 1. The molecule has 1 aromatic rings. The van der Waals surface area contributed by atoms with E-state index in [-0.39, 0.29) is 12.3 Å². The Morgan fingerprint density at radius 1 is 1.36 bits per heavy atom. The van der Waals surface area contributed by atoms with Crippen molar-refractivity contribution in [2.24, 2.45) is 10.2 Å². The van der Waals surface area contributed by atoms with Crippen LogP contribution in [-0.2, 0) is 9.59 Å². The van der Waals surface area contributed by atoms with E-state index in [2.05, 4.69) is 22.4 Å². The number of unbranched alkanes of at least 4 members (excludes halogenated alkanes) is 1. The van der Waals surface area contributed by atoms with Crippen LogP contribution in [0.25, 0.3) is 0 Å². The van der Waals surface area contributed by atoms with Crippen LogP contribution in [0.1, 0.15) is 38.7 Å². The van der Waals surface area contributed by atoms with Crippen LogP contribution in [0.3, 0.4) is 0 Å². The molecule has 1 aliphatic rings. The maximum atomic E-state index is 11.6. The molecule has 1 fully saturated rings. The molecule has 0 unspecified atom stereocenters. The quantitative estimate of drug-likeness (QED) is 0.420. The van der Waals surface area contributed by atoms with Gasteiger partial charge in [-0.15, -0.1) is 5.10 Å². The van der Waals surface area contributed by atoms with E-state index >= 15 is 0 Å². The highest BCUT2D eigenvalue weighted by atomic mass is 32.2. The molecule has 8 heteroatoms. The van der Waals surface area contributed by atoms with E-state index in [1.165, 1.54) is 0 Å². The molecule has 0 saturated carbocycles. The van der Waals surface area contributed by atoms with Crippen molar-refractivity contribution in [2.45, 2.75) is 38.4 Å². The number of ether oxygens (including phenoxy) is 1. The summed E-state index contributed by atoms with van der Waals surface area (Å²) in [4.78, 5) is 22.3. The lowest BCUT2D eigenvalue weighted by Crippen LogP contribution is -2.26. The zero-order valence-corrected chi connectivity index (χ0v) is 15.0. The maximum Gasteiger partial charge on any atom is 0.305 e. The molecule has 0 aromatic heterocycles. The smallest absolute Gasteiger partial charge is 0.305 e. The average Bonchev–Trinajstić information content (AvgIpc) is 2.92. The van der Waals surface area contributed by atoms with Gasteiger partial charge in [0.15, 0.2) is 5.17 Å². The van der Waals surface area contributed by atoms with Gasteiger partial charge in [-0.05, 0) is 43.2 Å². The van der Waals surface area contributed by atoms with Gasteiger partial charge >= 0.3 is 5.97 Å². The van der Waals surface area contributed by atoms with Crippen LogP contribution in [0.2, 0.25) is 0 Å². The van der Waals surface area contributed by atoms with Crippen LogP contribution < -0.4 is 10.1 Å². The van der Waals surface area contributed by atoms with E-state index in [0.717, 1.165) is 35.9 Å². The molecule has 2 rings (SSSR count). The fraction of sp³-hybridized carbons (Fsp3) is 0.412. The Labute approximate surface area is 150 Å². The van der Waals surface area contributed by atoms with Crippen LogP contribution in [0, 0.1) is 0 Å². The van der Waals surface area contributed by atoms with Gasteiger partial charge < -0.3 is 15.2 Å². The van der Waals surface area contributed by atoms with E-state index in [0.29, 0.717) is 17.5 Å². The second-order valence-corrected chi connectivity index (χ2v) is 6.70. The molecule has 134 valence electrons. The van der Waals surface area contributed by atoms with Gasteiger partial charge in [0.25, 0.3) is 0 Å². The number of carboxylic acids is 1. The zero-order chi connectivity index (χ0) is 18.2. The highest BCUT2D eigenvalue weighted by Crippen LogP contribution is 2.22. The van der Waals surface area contributed by atoms with Crippen molar-refractivity contribution < 1.29 is 19.4 Å². The van der Waals surface area contributed by atoms with Crippen molar-refractivity contribution in [1.29, 1.82) is 0 Å². The first kappa shape index (κ1) is 19.0. The van der Waals surface area contributed by atoms with Crippen molar-refractivity contribution in [2.75, 3.05) is 6.61 Å². The van der Waals surface area contributed by atoms with E-state index in [9.17, 15) is 9.59 Å². The lowest BCUT2D eigenvalue weighted by molar-refractivity contribution is -0.138. The van der Waals surface area contributed by atoms with Gasteiger partial charge in [-0.1, -0.05) is 25.1 Å². The summed E-state index contributed by atoms with van der Waals surface area (Å²) in [7, 11) is 0. The molecule has 0 bridgehead atoms. The number of nitrogens with zero attached hydrogens (tertiary/aromatic N) is 2. The van der Waals surface area contributed by atoms with Crippen LogP contribution in [-0.4, -0.2) is 39.7 Å². The third-order valence-electron chi connectivity index (χ3n) is 3.47. The first-order valence-corrected chi connectivity index (χ1v) is 8.92. The number of carbonyl (C=O) groups is 2. The van der Waals surface area contributed by atoms with E-state index in [1.54, 1.807) is 0 Å². The van der Waals surface area contributed by atoms with Gasteiger partial charge in [0.2, 0.25) is 5.91 Å². The Kier molecular flexibility index (Phi) is 7.00. The maximum absolute atomic E-state index is 11.6. The van der Waals surface area contributed by atoms with Crippen LogP contribution >= 0.6 is 11.8 Å². The third-order valence-corrected chi connectivity index (χ3v) is 4.54. The monoisotopic (exact) mass is 363 g/mol. The molecule has 1 atom stereocenters. The lowest BCUT2D eigenvalue weighted by Gasteiger charge is -2.06. The number of amides is 1. The summed E-state index contributed by atoms with van der Waals surface area (Å²) in [6.45, 7) is 4.63. The molecule has 0 aliphatic carbocycles. The number of carboxylic acid groups (broad SMARTS) is 1. The number of amidine groups is 1. The van der Waals surface area contributed by atoms with E-state index in [4.69, 9.17) is 9.84 Å². The van der Waals surface area contributed by atoms with Gasteiger partial charge in [-0.3, -0.25) is 9.59 Å². The number of thioether (sulfide) groups is 1. The summed E-state index contributed by atoms with van der Waals surface area (Å²) in [5.74, 6) is -0.561. The standard InChI is InChI=1S/C17H21N3O4S/c1-3-4-9-24-13-7-5-12(6-8-13)11(2)19-20-17-18-16(23)14(25-17)10-15(21)22/h5-8,14H,3-4,9-10H2,1-2H3,(H,21,22)(H,18,20,23)/b19-11+/t14-/m0/s1. The minimum atomic E-state index is -1.02. The molecule has 1 heterocycles. The summed E-state index contributed by atoms with van der Waals surface area (Å²) in [5, 5.41) is 19.1. The first-order valence-electron chi connectivity index (χ1n) is 8.04. The summed E-state index contributed by atoms with van der Waals surface area (Å²) >= 11 is 1.08. The molecule has 1 amide bonds. The second kappa shape index (κ2) is 9.22. The number of hydrogen-bond donors (Lipinski definition) is 2. The van der Waals surface area contributed by atoms with Gasteiger partial charge in [-0.2, -0.15) is 5.10 Å². The highest BCUT2D eigenvalue weighted by molar-refractivity contribution is 8.15. The number of benzene rings is 1. The normalized spacial score (nSPS) is 19.1. The fourth-order valence-corrected chi connectivity index (χ4v) is 2.96. The van der Waals surface area contributed by atoms with E-state index in [1.807, 2.05) is 31.2 Å². The highest BCUT2D eigenvalue weighted by Gasteiger charge is 2.32. The Bertz CT molecular complexity index is 686. The number of nitrogens with one attached hydrogen (secondary N) is 1. The molecular formula is C17H21N3O4S. The summed E-state index contributed by atoms with van der Waals surface area (Å²) in [5.41, 5.74) is 1.58. The zero-order valence-electron chi connectivity index (χ0n) is 14.2. The Morgan fingerprint density at radius 3 is 2.72 bits per heavy atom. The minimum absolute atomic E-state index is 0.238. The number of hydrogen-bond acceptors (Lipinski definition) is 6. The molecule has 0 radical (unpaired) electrons. The predicted molar refractivity (Wildman–Crippen MR) is 98.3 cm³/mol. The Balaban J connectivity index is 1.97. The van der Waals surface area contributed by atoms with Crippen molar-refractivity contribution >= 4 is 34.5 Å². The third kappa shape index (κ3) is 5.90. The van der Waals surface area contributed by atoms with Crippen molar-refractivity contribution in [1.82, 2.24) is 5.32 Å². The minimum Gasteiger partial charge on any atom is -0.494 e. The van der Waals surface area contributed by atoms with Crippen LogP contribution in [0.15, 0.2) is 34.5 Å². The SMILES string of the molecule is CCCCOc1ccc(/C(C)=N/N=C2\NC(=O)[C@H](CC(=O)O)S2)cc1. The van der Waals surface area contributed by atoms with Gasteiger partial charge in [0.05, 0.1) is 18.7 Å². The number of rotatable bonds is 8. The largest absolute Gasteiger partial charge is 0.494 e. The lowest BCUT2D eigenvalue weighted by atomic mass is 10.1. The molecule has 1 aliphatic heterocycles. The molecule has 1 aromatic carbocycles. The predicted octanol–water partition coefficient (Wildman–Crippen LogP) is 2.65. The summed E-state index contributed by atoms with van der Waals surface area (Å²) in [6, 6.07) is 7.56. The van der Waals surface area contributed by atoms with Crippen LogP contribution in [0.4, 0.5) is 0 Å². The van der Waals surface area contributed by atoms with Crippen LogP contribution in [0.5, 0.6) is 5.75 Å². The molecule has 1 saturated heterocycles. The van der Waals surface area contributed by atoms with Gasteiger partial charge in [0, 0.05) is 0 Å². The van der Waals surface area contributed by atoms with Crippen molar-refractivity contribution in [3.05, 3.63) is 29.8 Å². The molecule has 7 nitrogen and oxygen atoms in total. The van der Waals surface area contributed by atoms with Crippen molar-refractivity contribution in [3.8, 4) is 5.75 Å². The summed E-state index contributed by atoms with van der Waals surface area (Å²) < 4.78 is 5.61. The molecule has 2 N–H and O–H groups in total. The topological polar surface area (TPSA) is 100 Å². The van der Waals surface area contributed by atoms with Gasteiger partial charge in [-0.25, -0.2) is 0 Å². The molecular weight excluding hydrogens is 342 g/mol. The van der Waals surface area contributed by atoms with E-state index < -0.39 is 11.2 Å². The molecule has 25 heavy (non-hydrogen) atoms. The Morgan fingerprint density at radius 2 is 2.08 bits per heavy atom. The Hall–Kier alpha value is -2.35.